The van der Waals surface area contributed by atoms with Crippen LogP contribution in [0, 0.1) is 0 Å². The molecule has 0 heterocycles. The van der Waals surface area contributed by atoms with Crippen molar-refractivity contribution in [2.75, 3.05) is 6.54 Å². The zero-order chi connectivity index (χ0) is 12.3. The van der Waals surface area contributed by atoms with Crippen LogP contribution in [0.25, 0.3) is 0 Å². The summed E-state index contributed by atoms with van der Waals surface area (Å²) in [5, 5.41) is 13.3. The summed E-state index contributed by atoms with van der Waals surface area (Å²) in [6.07, 6.45) is 4.48. The predicted molar refractivity (Wildman–Crippen MR) is 71.0 cm³/mol. The number of aliphatic hydroxyl groups is 1. The molecule has 2 nitrogen and oxygen atoms in total. The molecule has 1 atom stereocenters. The highest BCUT2D eigenvalue weighted by Crippen LogP contribution is 2.29. The van der Waals surface area contributed by atoms with Gasteiger partial charge in [0.2, 0.25) is 0 Å². The van der Waals surface area contributed by atoms with Crippen molar-refractivity contribution in [3.05, 3.63) is 35.4 Å². The van der Waals surface area contributed by atoms with Gasteiger partial charge in [-0.1, -0.05) is 24.3 Å². The van der Waals surface area contributed by atoms with Crippen molar-refractivity contribution in [3.63, 3.8) is 0 Å². The molecule has 1 aromatic rings. The van der Waals surface area contributed by atoms with Gasteiger partial charge in [0, 0.05) is 6.04 Å². The summed E-state index contributed by atoms with van der Waals surface area (Å²) in [6.45, 7) is 4.61. The molecule has 0 saturated carbocycles. The third-order valence-electron chi connectivity index (χ3n) is 3.50. The molecular formula is C15H23NO. The van der Waals surface area contributed by atoms with E-state index in [0.29, 0.717) is 6.04 Å². The molecule has 1 aromatic carbocycles. The smallest absolute Gasteiger partial charge is 0.0603 e. The number of rotatable bonds is 4. The number of hydrogen-bond acceptors (Lipinski definition) is 2. The molecule has 0 saturated heterocycles. The van der Waals surface area contributed by atoms with E-state index >= 15 is 0 Å². The molecule has 2 N–H and O–H groups in total. The molecule has 0 aliphatic heterocycles. The zero-order valence-electron chi connectivity index (χ0n) is 10.9. The first kappa shape index (κ1) is 12.6. The van der Waals surface area contributed by atoms with Crippen molar-refractivity contribution in [2.24, 2.45) is 0 Å². The van der Waals surface area contributed by atoms with E-state index in [1.807, 2.05) is 13.8 Å². The summed E-state index contributed by atoms with van der Waals surface area (Å²) in [7, 11) is 0. The van der Waals surface area contributed by atoms with E-state index in [1.54, 1.807) is 0 Å². The van der Waals surface area contributed by atoms with Gasteiger partial charge in [-0.05, 0) is 57.2 Å². The highest BCUT2D eigenvalue weighted by molar-refractivity contribution is 5.32. The maximum atomic E-state index is 9.70. The third-order valence-corrected chi connectivity index (χ3v) is 3.50. The van der Waals surface area contributed by atoms with E-state index in [-0.39, 0.29) is 0 Å². The first-order valence-electron chi connectivity index (χ1n) is 6.60. The maximum absolute atomic E-state index is 9.70. The summed E-state index contributed by atoms with van der Waals surface area (Å²) in [5.74, 6) is 0. The average molecular weight is 233 g/mol. The van der Waals surface area contributed by atoms with Gasteiger partial charge in [0.05, 0.1) is 5.60 Å². The minimum absolute atomic E-state index is 0.474. The Bertz CT molecular complexity index is 367. The summed E-state index contributed by atoms with van der Waals surface area (Å²) in [4.78, 5) is 0. The van der Waals surface area contributed by atoms with E-state index in [2.05, 4.69) is 29.6 Å². The normalized spacial score (nSPS) is 20.1. The van der Waals surface area contributed by atoms with Gasteiger partial charge in [0.1, 0.15) is 0 Å². The molecule has 0 aromatic heterocycles. The highest BCUT2D eigenvalue weighted by atomic mass is 16.3. The Kier molecular flexibility index (Phi) is 3.85. The zero-order valence-corrected chi connectivity index (χ0v) is 10.9. The summed E-state index contributed by atoms with van der Waals surface area (Å²) >= 11 is 0. The van der Waals surface area contributed by atoms with E-state index in [9.17, 15) is 5.11 Å². The molecule has 1 aliphatic rings. The maximum Gasteiger partial charge on any atom is 0.0603 e. The van der Waals surface area contributed by atoms with Crippen LogP contribution in [0.2, 0.25) is 0 Å². The third kappa shape index (κ3) is 3.55. The minimum atomic E-state index is -0.568. The largest absolute Gasteiger partial charge is 0.390 e. The van der Waals surface area contributed by atoms with Crippen LogP contribution in [-0.4, -0.2) is 17.3 Å². The molecule has 0 radical (unpaired) electrons. The van der Waals surface area contributed by atoms with Crippen molar-refractivity contribution in [1.29, 1.82) is 0 Å². The van der Waals surface area contributed by atoms with E-state index in [4.69, 9.17) is 0 Å². The van der Waals surface area contributed by atoms with Gasteiger partial charge < -0.3 is 10.4 Å². The fourth-order valence-electron chi connectivity index (χ4n) is 2.52. The van der Waals surface area contributed by atoms with Crippen molar-refractivity contribution >= 4 is 0 Å². The average Bonchev–Trinajstić information content (AvgIpc) is 2.28. The Hall–Kier alpha value is -0.860. The molecule has 2 heteroatoms. The van der Waals surface area contributed by atoms with Crippen molar-refractivity contribution in [1.82, 2.24) is 5.32 Å². The quantitative estimate of drug-likeness (QED) is 0.838. The van der Waals surface area contributed by atoms with Gasteiger partial charge >= 0.3 is 0 Å². The summed E-state index contributed by atoms with van der Waals surface area (Å²) in [5.41, 5.74) is 2.37. The number of benzene rings is 1. The number of nitrogens with one attached hydrogen (secondary N) is 1. The number of fused-ring (bicyclic) bond motifs is 1. The number of aryl methyl sites for hydroxylation is 1. The van der Waals surface area contributed by atoms with Crippen LogP contribution in [0.4, 0.5) is 0 Å². The van der Waals surface area contributed by atoms with Crippen molar-refractivity contribution in [3.8, 4) is 0 Å². The fraction of sp³-hybridized carbons (Fsp3) is 0.600. The van der Waals surface area contributed by atoms with Crippen molar-refractivity contribution in [2.45, 2.75) is 51.2 Å². The van der Waals surface area contributed by atoms with Crippen LogP contribution in [-0.2, 0) is 6.42 Å². The van der Waals surface area contributed by atoms with Crippen molar-refractivity contribution < 1.29 is 5.11 Å². The predicted octanol–water partition coefficient (Wildman–Crippen LogP) is 2.81. The Morgan fingerprint density at radius 2 is 2.12 bits per heavy atom. The molecule has 0 amide bonds. The second-order valence-electron chi connectivity index (χ2n) is 5.66. The van der Waals surface area contributed by atoms with Crippen LogP contribution in [0.1, 0.15) is 50.3 Å². The van der Waals surface area contributed by atoms with Crippen LogP contribution in [0.3, 0.4) is 0 Å². The molecule has 17 heavy (non-hydrogen) atoms. The van der Waals surface area contributed by atoms with E-state index in [0.717, 1.165) is 13.0 Å². The Balaban J connectivity index is 1.95. The summed E-state index contributed by atoms with van der Waals surface area (Å²) < 4.78 is 0. The molecule has 0 spiro atoms. The van der Waals surface area contributed by atoms with Gasteiger partial charge in [0.25, 0.3) is 0 Å². The molecule has 2 rings (SSSR count). The first-order chi connectivity index (χ1) is 8.06. The lowest BCUT2D eigenvalue weighted by Crippen LogP contribution is -2.31. The van der Waals surface area contributed by atoms with Crippen LogP contribution in [0.5, 0.6) is 0 Å². The lowest BCUT2D eigenvalue weighted by atomic mass is 9.87. The molecular weight excluding hydrogens is 210 g/mol. The van der Waals surface area contributed by atoms with Gasteiger partial charge in [-0.2, -0.15) is 0 Å². The highest BCUT2D eigenvalue weighted by Gasteiger charge is 2.20. The summed E-state index contributed by atoms with van der Waals surface area (Å²) in [6, 6.07) is 9.18. The molecule has 94 valence electrons. The van der Waals surface area contributed by atoms with Crippen LogP contribution >= 0.6 is 0 Å². The first-order valence-corrected chi connectivity index (χ1v) is 6.60. The number of hydrogen-bond donors (Lipinski definition) is 2. The lowest BCUT2D eigenvalue weighted by Gasteiger charge is -2.27. The van der Waals surface area contributed by atoms with Crippen LogP contribution in [0.15, 0.2) is 24.3 Å². The minimum Gasteiger partial charge on any atom is -0.390 e. The molecule has 0 bridgehead atoms. The second-order valence-corrected chi connectivity index (χ2v) is 5.66. The monoisotopic (exact) mass is 233 g/mol. The Labute approximate surface area is 104 Å². The Morgan fingerprint density at radius 1 is 1.35 bits per heavy atom. The topological polar surface area (TPSA) is 32.3 Å². The second kappa shape index (κ2) is 5.19. The fourth-order valence-corrected chi connectivity index (χ4v) is 2.52. The SMILES string of the molecule is CC(C)(O)CCNC1CCCc2ccccc21. The standard InChI is InChI=1S/C15H23NO/c1-15(2,17)10-11-16-14-9-5-7-12-6-3-4-8-13(12)14/h3-4,6,8,14,16-17H,5,7,9-11H2,1-2H3. The van der Waals surface area contributed by atoms with Gasteiger partial charge in [-0.15, -0.1) is 0 Å². The van der Waals surface area contributed by atoms with Crippen LogP contribution < -0.4 is 5.32 Å². The molecule has 1 unspecified atom stereocenters. The lowest BCUT2D eigenvalue weighted by molar-refractivity contribution is 0.0701. The van der Waals surface area contributed by atoms with Gasteiger partial charge in [0.15, 0.2) is 0 Å². The molecule has 0 fully saturated rings. The van der Waals surface area contributed by atoms with E-state index < -0.39 is 5.60 Å². The molecule has 1 aliphatic carbocycles. The Morgan fingerprint density at radius 3 is 2.88 bits per heavy atom. The van der Waals surface area contributed by atoms with Gasteiger partial charge in [-0.25, -0.2) is 0 Å². The van der Waals surface area contributed by atoms with E-state index in [1.165, 1.54) is 30.4 Å². The van der Waals surface area contributed by atoms with Gasteiger partial charge in [-0.3, -0.25) is 0 Å².